The average molecular weight is 299 g/mol. The van der Waals surface area contributed by atoms with E-state index in [-0.39, 0.29) is 11.9 Å². The number of carbonyl (C=O) groups excluding carboxylic acids is 1. The van der Waals surface area contributed by atoms with Crippen molar-refractivity contribution in [1.82, 2.24) is 4.90 Å². The first-order valence-electron chi connectivity index (χ1n) is 5.52. The van der Waals surface area contributed by atoms with Crippen LogP contribution in [0.25, 0.3) is 0 Å². The summed E-state index contributed by atoms with van der Waals surface area (Å²) in [6.07, 6.45) is -0.0248. The molecule has 92 valence electrons. The Bertz CT molecular complexity index is 425. The van der Waals surface area contributed by atoms with Gasteiger partial charge in [-0.05, 0) is 24.1 Å². The zero-order valence-electron chi connectivity index (χ0n) is 9.34. The molecule has 0 spiro atoms. The van der Waals surface area contributed by atoms with Crippen LogP contribution in [-0.2, 0) is 11.3 Å². The molecule has 1 aromatic rings. The number of aliphatic hydroxyl groups is 1. The number of β-amino-alcohol motifs (C(OH)–C–C–N with tert-alkyl or cyclic N) is 1. The van der Waals surface area contributed by atoms with Crippen molar-refractivity contribution in [3.05, 3.63) is 34.3 Å². The van der Waals surface area contributed by atoms with Crippen LogP contribution in [0, 0.1) is 0 Å². The summed E-state index contributed by atoms with van der Waals surface area (Å²) in [6.45, 7) is 1.13. The Kier molecular flexibility index (Phi) is 3.81. The predicted octanol–water partition coefficient (Wildman–Crippen LogP) is 0.870. The molecule has 2 atom stereocenters. The topological polar surface area (TPSA) is 66.6 Å². The molecule has 1 fully saturated rings. The smallest absolute Gasteiger partial charge is 0.234 e. The summed E-state index contributed by atoms with van der Waals surface area (Å²) in [4.78, 5) is 13.2. The van der Waals surface area contributed by atoms with Crippen molar-refractivity contribution < 1.29 is 9.90 Å². The fourth-order valence-electron chi connectivity index (χ4n) is 2.22. The molecule has 3 N–H and O–H groups in total. The number of hydrogen-bond donors (Lipinski definition) is 2. The van der Waals surface area contributed by atoms with E-state index < -0.39 is 6.10 Å². The van der Waals surface area contributed by atoms with Gasteiger partial charge in [-0.1, -0.05) is 28.1 Å². The maximum absolute atomic E-state index is 11.3. The molecule has 0 saturated carbocycles. The molecular weight excluding hydrogens is 284 g/mol. The first-order chi connectivity index (χ1) is 8.06. The Balaban J connectivity index is 2.09. The van der Waals surface area contributed by atoms with E-state index in [0.29, 0.717) is 19.5 Å². The molecule has 4 nitrogen and oxygen atoms in total. The van der Waals surface area contributed by atoms with Crippen LogP contribution in [0.3, 0.4) is 0 Å². The van der Waals surface area contributed by atoms with Crippen LogP contribution in [0.15, 0.2) is 28.7 Å². The highest BCUT2D eigenvalue weighted by atomic mass is 79.9. The van der Waals surface area contributed by atoms with E-state index in [4.69, 9.17) is 5.73 Å². The van der Waals surface area contributed by atoms with Gasteiger partial charge < -0.3 is 10.8 Å². The van der Waals surface area contributed by atoms with E-state index in [2.05, 4.69) is 15.9 Å². The van der Waals surface area contributed by atoms with E-state index in [9.17, 15) is 9.90 Å². The lowest BCUT2D eigenvalue weighted by Gasteiger charge is -2.21. The molecule has 1 aliphatic heterocycles. The number of aliphatic hydroxyl groups excluding tert-OH is 1. The second-order valence-corrected chi connectivity index (χ2v) is 5.28. The van der Waals surface area contributed by atoms with E-state index in [1.54, 1.807) is 0 Å². The molecule has 1 amide bonds. The Morgan fingerprint density at radius 2 is 2.35 bits per heavy atom. The van der Waals surface area contributed by atoms with Crippen molar-refractivity contribution in [3.63, 3.8) is 0 Å². The summed E-state index contributed by atoms with van der Waals surface area (Å²) in [5.41, 5.74) is 6.43. The van der Waals surface area contributed by atoms with Gasteiger partial charge in [0.1, 0.15) is 0 Å². The molecule has 2 rings (SSSR count). The summed E-state index contributed by atoms with van der Waals surface area (Å²) in [6, 6.07) is 7.54. The second-order valence-electron chi connectivity index (χ2n) is 4.37. The zero-order valence-corrected chi connectivity index (χ0v) is 10.9. The molecule has 1 saturated heterocycles. The highest BCUT2D eigenvalue weighted by molar-refractivity contribution is 9.10. The molecule has 0 unspecified atom stereocenters. The molecular formula is C12H15BrN2O2. The Morgan fingerprint density at radius 1 is 1.59 bits per heavy atom. The van der Waals surface area contributed by atoms with Crippen molar-refractivity contribution >= 4 is 21.8 Å². The number of carbonyl (C=O) groups is 1. The van der Waals surface area contributed by atoms with Crippen LogP contribution in [-0.4, -0.2) is 34.6 Å². The summed E-state index contributed by atoms with van der Waals surface area (Å²) in [5, 5.41) is 9.59. The van der Waals surface area contributed by atoms with E-state index >= 15 is 0 Å². The lowest BCUT2D eigenvalue weighted by Crippen LogP contribution is -2.39. The van der Waals surface area contributed by atoms with Gasteiger partial charge in [-0.2, -0.15) is 0 Å². The number of nitrogens with zero attached hydrogens (tertiary/aromatic N) is 1. The van der Waals surface area contributed by atoms with Gasteiger partial charge >= 0.3 is 0 Å². The third-order valence-corrected chi connectivity index (χ3v) is 3.48. The van der Waals surface area contributed by atoms with E-state index in [1.807, 2.05) is 29.2 Å². The maximum atomic E-state index is 11.3. The van der Waals surface area contributed by atoms with Gasteiger partial charge in [-0.3, -0.25) is 9.69 Å². The molecule has 0 radical (unpaired) electrons. The molecule has 0 aliphatic carbocycles. The molecule has 5 heteroatoms. The van der Waals surface area contributed by atoms with Gasteiger partial charge in [0.05, 0.1) is 12.1 Å². The first-order valence-corrected chi connectivity index (χ1v) is 6.31. The van der Waals surface area contributed by atoms with Crippen molar-refractivity contribution in [1.29, 1.82) is 0 Å². The minimum Gasteiger partial charge on any atom is -0.392 e. The highest BCUT2D eigenvalue weighted by Gasteiger charge is 2.34. The Hall–Kier alpha value is -0.910. The molecule has 0 bridgehead atoms. The molecule has 0 aromatic heterocycles. The third kappa shape index (κ3) is 3.06. The van der Waals surface area contributed by atoms with Gasteiger partial charge in [-0.25, -0.2) is 0 Å². The SMILES string of the molecule is NC(=O)[C@@H]1C[C@H](O)CN1Cc1cccc(Br)c1. The normalized spacial score (nSPS) is 25.1. The highest BCUT2D eigenvalue weighted by Crippen LogP contribution is 2.21. The summed E-state index contributed by atoms with van der Waals surface area (Å²) in [7, 11) is 0. The number of rotatable bonds is 3. The van der Waals surface area contributed by atoms with Crippen LogP contribution in [0.1, 0.15) is 12.0 Å². The average Bonchev–Trinajstić information content (AvgIpc) is 2.59. The lowest BCUT2D eigenvalue weighted by molar-refractivity contribution is -0.122. The van der Waals surface area contributed by atoms with E-state index in [0.717, 1.165) is 10.0 Å². The quantitative estimate of drug-likeness (QED) is 0.870. The molecule has 17 heavy (non-hydrogen) atoms. The van der Waals surface area contributed by atoms with Crippen LogP contribution in [0.4, 0.5) is 0 Å². The van der Waals surface area contributed by atoms with Gasteiger partial charge in [0.25, 0.3) is 0 Å². The number of hydrogen-bond acceptors (Lipinski definition) is 3. The van der Waals surface area contributed by atoms with Crippen LogP contribution >= 0.6 is 15.9 Å². The summed E-state index contributed by atoms with van der Waals surface area (Å²) >= 11 is 3.41. The number of nitrogens with two attached hydrogens (primary N) is 1. The maximum Gasteiger partial charge on any atom is 0.234 e. The summed E-state index contributed by atoms with van der Waals surface area (Å²) in [5.74, 6) is -0.364. The van der Waals surface area contributed by atoms with Crippen molar-refractivity contribution in [2.45, 2.75) is 25.1 Å². The second kappa shape index (κ2) is 5.16. The predicted molar refractivity (Wildman–Crippen MR) is 68.2 cm³/mol. The van der Waals surface area contributed by atoms with Crippen LogP contribution in [0.2, 0.25) is 0 Å². The van der Waals surface area contributed by atoms with Gasteiger partial charge in [0.15, 0.2) is 0 Å². The van der Waals surface area contributed by atoms with Crippen LogP contribution in [0.5, 0.6) is 0 Å². The summed E-state index contributed by atoms with van der Waals surface area (Å²) < 4.78 is 1.00. The fraction of sp³-hybridized carbons (Fsp3) is 0.417. The number of primary amides is 1. The Labute approximate surface area is 109 Å². The number of halogens is 1. The zero-order chi connectivity index (χ0) is 12.4. The van der Waals surface area contributed by atoms with Crippen molar-refractivity contribution in [2.24, 2.45) is 5.73 Å². The lowest BCUT2D eigenvalue weighted by atomic mass is 10.1. The van der Waals surface area contributed by atoms with Gasteiger partial charge in [0, 0.05) is 17.6 Å². The monoisotopic (exact) mass is 298 g/mol. The van der Waals surface area contributed by atoms with E-state index in [1.165, 1.54) is 0 Å². The first kappa shape index (κ1) is 12.5. The van der Waals surface area contributed by atoms with Crippen LogP contribution < -0.4 is 5.73 Å². The van der Waals surface area contributed by atoms with Gasteiger partial charge in [0.2, 0.25) is 5.91 Å². The molecule has 1 heterocycles. The Morgan fingerprint density at radius 3 is 3.00 bits per heavy atom. The minimum atomic E-state index is -0.459. The van der Waals surface area contributed by atoms with Crippen molar-refractivity contribution in [2.75, 3.05) is 6.54 Å². The number of likely N-dealkylation sites (tertiary alicyclic amines) is 1. The molecule has 1 aliphatic rings. The minimum absolute atomic E-state index is 0.357. The largest absolute Gasteiger partial charge is 0.392 e. The van der Waals surface area contributed by atoms with Crippen molar-refractivity contribution in [3.8, 4) is 0 Å². The number of benzene rings is 1. The third-order valence-electron chi connectivity index (χ3n) is 2.98. The molecule has 1 aromatic carbocycles. The standard InChI is InChI=1S/C12H15BrN2O2/c13-9-3-1-2-8(4-9)6-15-7-10(16)5-11(15)12(14)17/h1-4,10-11,16H,5-7H2,(H2,14,17)/t10-,11-/m0/s1. The fourth-order valence-corrected chi connectivity index (χ4v) is 2.67. The van der Waals surface area contributed by atoms with Gasteiger partial charge in [-0.15, -0.1) is 0 Å². The number of amides is 1.